The van der Waals surface area contributed by atoms with Crippen LogP contribution in [0.2, 0.25) is 4.34 Å². The third-order valence-corrected chi connectivity index (χ3v) is 2.96. The van der Waals surface area contributed by atoms with Gasteiger partial charge in [0, 0.05) is 4.88 Å². The highest BCUT2D eigenvalue weighted by Crippen LogP contribution is 2.26. The number of hydrogen-bond donors (Lipinski definition) is 2. The Morgan fingerprint density at radius 1 is 1.77 bits per heavy atom. The maximum Gasteiger partial charge on any atom is 0.246 e. The number of carbonyl (C=O) groups excluding carboxylic acids is 1. The molecule has 0 fully saturated rings. The lowest BCUT2D eigenvalue weighted by Crippen LogP contribution is -2.28. The van der Waals surface area contributed by atoms with Crippen molar-refractivity contribution < 1.29 is 9.90 Å². The first-order chi connectivity index (χ1) is 6.13. The van der Waals surface area contributed by atoms with Gasteiger partial charge in [0.25, 0.3) is 0 Å². The molecule has 1 atom stereocenters. The molecule has 0 aliphatic carbocycles. The van der Waals surface area contributed by atoms with Crippen LogP contribution >= 0.6 is 22.9 Å². The lowest BCUT2D eigenvalue weighted by molar-refractivity contribution is -0.124. The second-order valence-corrected chi connectivity index (χ2v) is 4.34. The van der Waals surface area contributed by atoms with Crippen molar-refractivity contribution in [3.05, 3.63) is 21.3 Å². The molecule has 0 spiro atoms. The van der Waals surface area contributed by atoms with Crippen LogP contribution < -0.4 is 5.32 Å². The second-order valence-electron chi connectivity index (χ2n) is 2.59. The number of aliphatic hydroxyl groups excluding tert-OH is 1. The van der Waals surface area contributed by atoms with E-state index in [2.05, 4.69) is 5.32 Å². The molecule has 3 nitrogen and oxygen atoms in total. The number of thiophene rings is 1. The van der Waals surface area contributed by atoms with E-state index in [-0.39, 0.29) is 11.9 Å². The quantitative estimate of drug-likeness (QED) is 0.811. The van der Waals surface area contributed by atoms with Crippen molar-refractivity contribution >= 4 is 28.8 Å². The van der Waals surface area contributed by atoms with Gasteiger partial charge in [0.2, 0.25) is 5.91 Å². The minimum absolute atomic E-state index is 0.0999. The maximum absolute atomic E-state index is 10.8. The van der Waals surface area contributed by atoms with Crippen molar-refractivity contribution in [2.45, 2.75) is 13.0 Å². The topological polar surface area (TPSA) is 49.3 Å². The van der Waals surface area contributed by atoms with Crippen LogP contribution in [0.4, 0.5) is 0 Å². The van der Waals surface area contributed by atoms with Crippen LogP contribution in [0.25, 0.3) is 0 Å². The molecular weight excluding hydrogens is 210 g/mol. The highest BCUT2D eigenvalue weighted by molar-refractivity contribution is 7.16. The van der Waals surface area contributed by atoms with Gasteiger partial charge in [0.1, 0.15) is 6.61 Å². The van der Waals surface area contributed by atoms with Gasteiger partial charge in [-0.25, -0.2) is 0 Å². The third kappa shape index (κ3) is 2.99. The monoisotopic (exact) mass is 219 g/mol. The molecule has 5 heteroatoms. The van der Waals surface area contributed by atoms with E-state index in [1.54, 1.807) is 6.07 Å². The molecule has 1 amide bonds. The van der Waals surface area contributed by atoms with Crippen molar-refractivity contribution in [1.82, 2.24) is 5.32 Å². The van der Waals surface area contributed by atoms with Crippen molar-refractivity contribution in [3.8, 4) is 0 Å². The fraction of sp³-hybridized carbons (Fsp3) is 0.375. The van der Waals surface area contributed by atoms with E-state index in [9.17, 15) is 4.79 Å². The van der Waals surface area contributed by atoms with Crippen LogP contribution in [-0.2, 0) is 4.79 Å². The van der Waals surface area contributed by atoms with Gasteiger partial charge < -0.3 is 10.4 Å². The van der Waals surface area contributed by atoms with E-state index < -0.39 is 6.61 Å². The van der Waals surface area contributed by atoms with Gasteiger partial charge in [-0.15, -0.1) is 11.3 Å². The molecule has 0 radical (unpaired) electrons. The molecule has 0 bridgehead atoms. The zero-order valence-electron chi connectivity index (χ0n) is 7.08. The summed E-state index contributed by atoms with van der Waals surface area (Å²) in [5.74, 6) is -0.378. The zero-order valence-corrected chi connectivity index (χ0v) is 8.65. The molecule has 72 valence electrons. The number of nitrogens with one attached hydrogen (secondary N) is 1. The normalized spacial score (nSPS) is 12.5. The molecule has 13 heavy (non-hydrogen) atoms. The number of carbonyl (C=O) groups is 1. The second kappa shape index (κ2) is 4.60. The van der Waals surface area contributed by atoms with Crippen LogP contribution in [0.5, 0.6) is 0 Å². The predicted molar refractivity (Wildman–Crippen MR) is 53.0 cm³/mol. The number of halogens is 1. The summed E-state index contributed by atoms with van der Waals surface area (Å²) in [5.41, 5.74) is 0. The lowest BCUT2D eigenvalue weighted by Gasteiger charge is -2.10. The maximum atomic E-state index is 10.8. The summed E-state index contributed by atoms with van der Waals surface area (Å²) in [6.07, 6.45) is 0. The molecule has 0 saturated carbocycles. The summed E-state index contributed by atoms with van der Waals surface area (Å²) >= 11 is 7.15. The van der Waals surface area contributed by atoms with Gasteiger partial charge in [-0.3, -0.25) is 4.79 Å². The van der Waals surface area contributed by atoms with Gasteiger partial charge in [-0.2, -0.15) is 0 Å². The highest BCUT2D eigenvalue weighted by atomic mass is 35.5. The molecule has 0 aliphatic rings. The van der Waals surface area contributed by atoms with Crippen molar-refractivity contribution in [3.63, 3.8) is 0 Å². The standard InChI is InChI=1S/C8H10ClNO2S/c1-5(10-8(12)4-11)6-2-3-7(9)13-6/h2-3,5,11H,4H2,1H3,(H,10,12). The highest BCUT2D eigenvalue weighted by Gasteiger charge is 2.10. The zero-order chi connectivity index (χ0) is 9.84. The fourth-order valence-electron chi connectivity index (χ4n) is 0.919. The summed E-state index contributed by atoms with van der Waals surface area (Å²) in [6.45, 7) is 1.36. The summed E-state index contributed by atoms with van der Waals surface area (Å²) in [7, 11) is 0. The van der Waals surface area contributed by atoms with Gasteiger partial charge in [0.15, 0.2) is 0 Å². The van der Waals surface area contributed by atoms with Crippen LogP contribution in [0.15, 0.2) is 12.1 Å². The van der Waals surface area contributed by atoms with E-state index in [1.807, 2.05) is 13.0 Å². The Kier molecular flexibility index (Phi) is 3.71. The summed E-state index contributed by atoms with van der Waals surface area (Å²) in [5, 5.41) is 11.1. The van der Waals surface area contributed by atoms with Crippen molar-refractivity contribution in [1.29, 1.82) is 0 Å². The van der Waals surface area contributed by atoms with E-state index in [1.165, 1.54) is 11.3 Å². The SMILES string of the molecule is CC(NC(=O)CO)c1ccc(Cl)s1. The average molecular weight is 220 g/mol. The molecule has 0 saturated heterocycles. The van der Waals surface area contributed by atoms with Gasteiger partial charge in [-0.05, 0) is 19.1 Å². The Hall–Kier alpha value is -0.580. The predicted octanol–water partition coefficient (Wildman–Crippen LogP) is 1.57. The lowest BCUT2D eigenvalue weighted by atomic mass is 10.3. The van der Waals surface area contributed by atoms with E-state index in [4.69, 9.17) is 16.7 Å². The van der Waals surface area contributed by atoms with Crippen LogP contribution in [0.1, 0.15) is 17.8 Å². The average Bonchev–Trinajstić information content (AvgIpc) is 2.51. The first-order valence-electron chi connectivity index (χ1n) is 3.79. The molecule has 2 N–H and O–H groups in total. The Balaban J connectivity index is 2.58. The Morgan fingerprint density at radius 3 is 2.92 bits per heavy atom. The molecule has 1 aromatic rings. The summed E-state index contributed by atoms with van der Waals surface area (Å²) in [6, 6.07) is 3.54. The van der Waals surface area contributed by atoms with Crippen molar-refractivity contribution in [2.24, 2.45) is 0 Å². The molecule has 1 unspecified atom stereocenters. The Morgan fingerprint density at radius 2 is 2.46 bits per heavy atom. The third-order valence-electron chi connectivity index (χ3n) is 1.54. The van der Waals surface area contributed by atoms with E-state index in [0.717, 1.165) is 4.88 Å². The molecular formula is C8H10ClNO2S. The van der Waals surface area contributed by atoms with Gasteiger partial charge >= 0.3 is 0 Å². The number of amides is 1. The van der Waals surface area contributed by atoms with E-state index >= 15 is 0 Å². The number of hydrogen-bond acceptors (Lipinski definition) is 3. The summed E-state index contributed by atoms with van der Waals surface area (Å²) < 4.78 is 0.695. The van der Waals surface area contributed by atoms with Gasteiger partial charge in [0.05, 0.1) is 10.4 Å². The molecule has 0 aliphatic heterocycles. The number of aliphatic hydroxyl groups is 1. The minimum Gasteiger partial charge on any atom is -0.387 e. The Labute approximate surface area is 85.3 Å². The number of rotatable bonds is 3. The Bertz CT molecular complexity index is 300. The molecule has 1 heterocycles. The van der Waals surface area contributed by atoms with Crippen LogP contribution in [0, 0.1) is 0 Å². The van der Waals surface area contributed by atoms with E-state index in [0.29, 0.717) is 4.34 Å². The van der Waals surface area contributed by atoms with Crippen LogP contribution in [0.3, 0.4) is 0 Å². The first-order valence-corrected chi connectivity index (χ1v) is 4.98. The van der Waals surface area contributed by atoms with Gasteiger partial charge in [-0.1, -0.05) is 11.6 Å². The fourth-order valence-corrected chi connectivity index (χ4v) is 1.98. The largest absolute Gasteiger partial charge is 0.387 e. The molecule has 1 aromatic heterocycles. The molecule has 0 aromatic carbocycles. The minimum atomic E-state index is -0.483. The molecule has 1 rings (SSSR count). The van der Waals surface area contributed by atoms with Crippen LogP contribution in [-0.4, -0.2) is 17.6 Å². The first kappa shape index (κ1) is 10.5. The van der Waals surface area contributed by atoms with Crippen molar-refractivity contribution in [2.75, 3.05) is 6.61 Å². The smallest absolute Gasteiger partial charge is 0.246 e. The summed E-state index contributed by atoms with van der Waals surface area (Å²) in [4.78, 5) is 11.8.